The normalized spacial score (nSPS) is 21.2. The SMILES string of the molecule is CC1(C)CCCC1NC(=O)c1cc(Cl)ccc1NN. The number of halogens is 1. The number of hydrogen-bond acceptors (Lipinski definition) is 3. The minimum absolute atomic E-state index is 0.129. The summed E-state index contributed by atoms with van der Waals surface area (Å²) in [5, 5.41) is 3.62. The number of rotatable bonds is 3. The standard InChI is InChI=1S/C14H20ClN3O/c1-14(2)7-3-4-12(14)17-13(19)10-8-9(15)5-6-11(10)18-16/h5-6,8,12,18H,3-4,7,16H2,1-2H3,(H,17,19). The van der Waals surface area contributed by atoms with Crippen LogP contribution in [-0.2, 0) is 0 Å². The molecule has 2 rings (SSSR count). The monoisotopic (exact) mass is 281 g/mol. The number of nitrogens with one attached hydrogen (secondary N) is 2. The highest BCUT2D eigenvalue weighted by Gasteiger charge is 2.35. The summed E-state index contributed by atoms with van der Waals surface area (Å²) in [4.78, 5) is 12.4. The molecule has 1 aliphatic carbocycles. The minimum Gasteiger partial charge on any atom is -0.349 e. The molecule has 104 valence electrons. The first kappa shape index (κ1) is 14.2. The molecule has 0 aromatic heterocycles. The van der Waals surface area contributed by atoms with Crippen LogP contribution in [0.25, 0.3) is 0 Å². The van der Waals surface area contributed by atoms with Crippen LogP contribution in [0.1, 0.15) is 43.5 Å². The molecule has 1 unspecified atom stereocenters. The van der Waals surface area contributed by atoms with Gasteiger partial charge in [-0.3, -0.25) is 10.6 Å². The Hall–Kier alpha value is -1.26. The Balaban J connectivity index is 2.18. The van der Waals surface area contributed by atoms with Gasteiger partial charge in [0.1, 0.15) is 0 Å². The molecule has 0 heterocycles. The number of amides is 1. The van der Waals surface area contributed by atoms with Gasteiger partial charge in [-0.25, -0.2) is 0 Å². The van der Waals surface area contributed by atoms with Crippen molar-refractivity contribution in [1.29, 1.82) is 0 Å². The summed E-state index contributed by atoms with van der Waals surface area (Å²) >= 11 is 5.94. The van der Waals surface area contributed by atoms with Crippen LogP contribution in [0.4, 0.5) is 5.69 Å². The fraction of sp³-hybridized carbons (Fsp3) is 0.500. The summed E-state index contributed by atoms with van der Waals surface area (Å²) in [5.74, 6) is 5.30. The Morgan fingerprint density at radius 1 is 1.47 bits per heavy atom. The molecule has 0 bridgehead atoms. The summed E-state index contributed by atoms with van der Waals surface area (Å²) in [5.41, 5.74) is 3.74. The van der Waals surface area contributed by atoms with Gasteiger partial charge >= 0.3 is 0 Å². The van der Waals surface area contributed by atoms with Crippen LogP contribution in [0, 0.1) is 5.41 Å². The Kier molecular flexibility index (Phi) is 4.02. The molecule has 0 aliphatic heterocycles. The maximum absolute atomic E-state index is 12.4. The first-order valence-electron chi connectivity index (χ1n) is 6.51. The molecule has 1 atom stereocenters. The zero-order valence-electron chi connectivity index (χ0n) is 11.3. The molecule has 4 nitrogen and oxygen atoms in total. The number of nitrogens with two attached hydrogens (primary N) is 1. The van der Waals surface area contributed by atoms with Crippen molar-refractivity contribution in [3.05, 3.63) is 28.8 Å². The molecule has 0 radical (unpaired) electrons. The second kappa shape index (κ2) is 5.39. The van der Waals surface area contributed by atoms with E-state index in [1.807, 2.05) is 0 Å². The third-order valence-corrected chi connectivity index (χ3v) is 4.18. The number of nitrogen functional groups attached to an aromatic ring is 1. The Bertz CT molecular complexity index is 488. The van der Waals surface area contributed by atoms with E-state index in [9.17, 15) is 4.79 Å². The molecule has 0 spiro atoms. The second-order valence-electron chi connectivity index (χ2n) is 5.74. The fourth-order valence-corrected chi connectivity index (χ4v) is 2.83. The lowest BCUT2D eigenvalue weighted by Gasteiger charge is -2.28. The van der Waals surface area contributed by atoms with E-state index in [1.54, 1.807) is 18.2 Å². The molecule has 1 aliphatic rings. The molecule has 1 aromatic rings. The lowest BCUT2D eigenvalue weighted by Crippen LogP contribution is -2.41. The summed E-state index contributed by atoms with van der Waals surface area (Å²) in [6.45, 7) is 4.37. The average Bonchev–Trinajstić information content (AvgIpc) is 2.68. The van der Waals surface area contributed by atoms with Gasteiger partial charge in [0, 0.05) is 11.1 Å². The Morgan fingerprint density at radius 2 is 2.21 bits per heavy atom. The van der Waals surface area contributed by atoms with E-state index in [0.29, 0.717) is 16.3 Å². The summed E-state index contributed by atoms with van der Waals surface area (Å²) in [7, 11) is 0. The van der Waals surface area contributed by atoms with Crippen LogP contribution in [0.15, 0.2) is 18.2 Å². The predicted octanol–water partition coefficient (Wildman–Crippen LogP) is 2.93. The van der Waals surface area contributed by atoms with Crippen LogP contribution in [0.5, 0.6) is 0 Å². The largest absolute Gasteiger partial charge is 0.349 e. The zero-order valence-corrected chi connectivity index (χ0v) is 12.1. The third-order valence-electron chi connectivity index (χ3n) is 3.94. The van der Waals surface area contributed by atoms with Gasteiger partial charge in [-0.15, -0.1) is 0 Å². The van der Waals surface area contributed by atoms with E-state index in [4.69, 9.17) is 17.4 Å². The highest BCUT2D eigenvalue weighted by Crippen LogP contribution is 2.37. The second-order valence-corrected chi connectivity index (χ2v) is 6.18. The Labute approximate surface area is 118 Å². The van der Waals surface area contributed by atoms with Gasteiger partial charge in [0.25, 0.3) is 5.91 Å². The smallest absolute Gasteiger partial charge is 0.253 e. The topological polar surface area (TPSA) is 67.2 Å². The predicted molar refractivity (Wildman–Crippen MR) is 78.1 cm³/mol. The first-order chi connectivity index (χ1) is 8.94. The Morgan fingerprint density at radius 3 is 2.79 bits per heavy atom. The summed E-state index contributed by atoms with van der Waals surface area (Å²) in [6.07, 6.45) is 3.30. The van der Waals surface area contributed by atoms with Crippen molar-refractivity contribution in [3.63, 3.8) is 0 Å². The van der Waals surface area contributed by atoms with Gasteiger partial charge in [0.2, 0.25) is 0 Å². The van der Waals surface area contributed by atoms with Crippen molar-refractivity contribution in [2.45, 2.75) is 39.2 Å². The molecule has 1 saturated carbocycles. The van der Waals surface area contributed by atoms with Crippen LogP contribution in [0.2, 0.25) is 5.02 Å². The van der Waals surface area contributed by atoms with Gasteiger partial charge < -0.3 is 10.7 Å². The van der Waals surface area contributed by atoms with Crippen molar-refractivity contribution >= 4 is 23.2 Å². The third kappa shape index (κ3) is 3.01. The van der Waals surface area contributed by atoms with Gasteiger partial charge in [-0.2, -0.15) is 0 Å². The van der Waals surface area contributed by atoms with Crippen molar-refractivity contribution in [2.75, 3.05) is 5.43 Å². The number of hydrazine groups is 1. The van der Waals surface area contributed by atoms with E-state index < -0.39 is 0 Å². The van der Waals surface area contributed by atoms with Crippen molar-refractivity contribution in [3.8, 4) is 0 Å². The molecular weight excluding hydrogens is 262 g/mol. The fourth-order valence-electron chi connectivity index (χ4n) is 2.66. The van der Waals surface area contributed by atoms with E-state index >= 15 is 0 Å². The molecule has 0 saturated heterocycles. The highest BCUT2D eigenvalue weighted by atomic mass is 35.5. The molecular formula is C14H20ClN3O. The zero-order chi connectivity index (χ0) is 14.0. The number of carbonyl (C=O) groups excluding carboxylic acids is 1. The van der Waals surface area contributed by atoms with E-state index in [0.717, 1.165) is 19.3 Å². The van der Waals surface area contributed by atoms with Crippen molar-refractivity contribution < 1.29 is 4.79 Å². The van der Waals surface area contributed by atoms with Gasteiger partial charge in [0.05, 0.1) is 11.3 Å². The van der Waals surface area contributed by atoms with Gasteiger partial charge in [-0.05, 0) is 36.5 Å². The highest BCUT2D eigenvalue weighted by molar-refractivity contribution is 6.31. The number of hydrogen-bond donors (Lipinski definition) is 3. The van der Waals surface area contributed by atoms with Crippen LogP contribution >= 0.6 is 11.6 Å². The maximum Gasteiger partial charge on any atom is 0.253 e. The number of anilines is 1. The van der Waals surface area contributed by atoms with E-state index in [1.165, 1.54) is 0 Å². The van der Waals surface area contributed by atoms with E-state index in [-0.39, 0.29) is 17.4 Å². The lowest BCUT2D eigenvalue weighted by molar-refractivity contribution is 0.0911. The minimum atomic E-state index is -0.129. The molecule has 4 N–H and O–H groups in total. The number of carbonyl (C=O) groups is 1. The van der Waals surface area contributed by atoms with Crippen LogP contribution in [-0.4, -0.2) is 11.9 Å². The van der Waals surface area contributed by atoms with Crippen molar-refractivity contribution in [2.24, 2.45) is 11.3 Å². The quantitative estimate of drug-likeness (QED) is 0.589. The molecule has 19 heavy (non-hydrogen) atoms. The molecule has 5 heteroatoms. The van der Waals surface area contributed by atoms with E-state index in [2.05, 4.69) is 24.6 Å². The van der Waals surface area contributed by atoms with Gasteiger partial charge in [0.15, 0.2) is 0 Å². The lowest BCUT2D eigenvalue weighted by atomic mass is 9.87. The average molecular weight is 282 g/mol. The summed E-state index contributed by atoms with van der Waals surface area (Å²) < 4.78 is 0. The molecule has 1 fully saturated rings. The van der Waals surface area contributed by atoms with Crippen LogP contribution in [0.3, 0.4) is 0 Å². The molecule has 1 aromatic carbocycles. The van der Waals surface area contributed by atoms with Crippen molar-refractivity contribution in [1.82, 2.24) is 5.32 Å². The number of benzene rings is 1. The molecule has 1 amide bonds. The first-order valence-corrected chi connectivity index (χ1v) is 6.89. The summed E-state index contributed by atoms with van der Waals surface area (Å²) in [6, 6.07) is 5.24. The maximum atomic E-state index is 12.4. The van der Waals surface area contributed by atoms with Crippen LogP contribution < -0.4 is 16.6 Å². The van der Waals surface area contributed by atoms with Gasteiger partial charge in [-0.1, -0.05) is 31.9 Å².